The largest absolute Gasteiger partial charge is 0.411 e. The van der Waals surface area contributed by atoms with Crippen molar-refractivity contribution < 1.29 is 4.98 Å². The fourth-order valence-electron chi connectivity index (χ4n) is 5.22. The molecule has 3 aromatic heterocycles. The molecule has 1 atom stereocenters. The van der Waals surface area contributed by atoms with E-state index in [9.17, 15) is 4.79 Å². The van der Waals surface area contributed by atoms with Crippen LogP contribution in [0.15, 0.2) is 65.5 Å². The van der Waals surface area contributed by atoms with Crippen LogP contribution in [0.3, 0.4) is 0 Å². The van der Waals surface area contributed by atoms with Gasteiger partial charge in [0.15, 0.2) is 0 Å². The Morgan fingerprint density at radius 2 is 1.63 bits per heavy atom. The minimum absolute atomic E-state index is 0.104. The van der Waals surface area contributed by atoms with E-state index in [4.69, 9.17) is 16.6 Å². The number of nitrogens with zero attached hydrogens (tertiary/aromatic N) is 4. The number of nitrogens with two attached hydrogens (primary N) is 2. The molecule has 0 spiro atoms. The molecule has 3 heterocycles. The average molecular weight is 465 g/mol. The number of anilines is 2. The molecule has 0 bridgehead atoms. The average Bonchev–Trinajstić information content (AvgIpc) is 3.39. The van der Waals surface area contributed by atoms with Crippen LogP contribution in [0.5, 0.6) is 0 Å². The third-order valence-electron chi connectivity index (χ3n) is 6.69. The van der Waals surface area contributed by atoms with E-state index in [1.54, 1.807) is 4.68 Å². The Hall–Kier alpha value is -4.46. The van der Waals surface area contributed by atoms with Crippen LogP contribution in [0.2, 0.25) is 0 Å². The lowest BCUT2D eigenvalue weighted by molar-refractivity contribution is -0.351. The summed E-state index contributed by atoms with van der Waals surface area (Å²) in [5.74, 6) is 0.237. The van der Waals surface area contributed by atoms with Crippen LogP contribution in [0.1, 0.15) is 28.6 Å². The summed E-state index contributed by atoms with van der Waals surface area (Å²) in [5, 5.41) is 4.90. The minimum atomic E-state index is -0.261. The molecule has 1 aliphatic carbocycles. The van der Waals surface area contributed by atoms with E-state index in [2.05, 4.69) is 9.97 Å². The molecule has 0 fully saturated rings. The first-order valence-electron chi connectivity index (χ1n) is 11.6. The molecule has 2 aromatic carbocycles. The van der Waals surface area contributed by atoms with E-state index in [-0.39, 0.29) is 17.7 Å². The standard InChI is InChI=1S/C27H25N7O/c1-15-10-20(11-16(2)30-15)23-24(17-6-4-3-5-7-17)31-26(29)33-25(23)32-34(27(33)35)22-13-18-8-9-21(28)12-19(18)14-22/h3-12,22H,13-14,28H2,1-2H3,(H2,29,31)/p+1. The van der Waals surface area contributed by atoms with Crippen molar-refractivity contribution in [1.82, 2.24) is 19.2 Å². The Morgan fingerprint density at radius 3 is 2.37 bits per heavy atom. The Balaban J connectivity index is 1.62. The van der Waals surface area contributed by atoms with Gasteiger partial charge in [0.25, 0.3) is 0 Å². The predicted molar refractivity (Wildman–Crippen MR) is 136 cm³/mol. The summed E-state index contributed by atoms with van der Waals surface area (Å²) in [7, 11) is 0. The summed E-state index contributed by atoms with van der Waals surface area (Å²) in [6, 6.07) is 19.8. The first-order valence-corrected chi connectivity index (χ1v) is 11.6. The number of hydrogen-bond acceptors (Lipinski definition) is 5. The number of aromatic amines is 1. The molecule has 0 amide bonds. The number of H-pyrrole nitrogens is 1. The Kier molecular flexibility index (Phi) is 4.70. The molecule has 6 rings (SSSR count). The van der Waals surface area contributed by atoms with Crippen molar-refractivity contribution in [1.29, 1.82) is 0 Å². The summed E-state index contributed by atoms with van der Waals surface area (Å²) in [4.78, 5) is 21.5. The number of rotatable bonds is 3. The first-order chi connectivity index (χ1) is 16.9. The van der Waals surface area contributed by atoms with Crippen molar-refractivity contribution in [2.24, 2.45) is 0 Å². The van der Waals surface area contributed by atoms with Crippen LogP contribution < -0.4 is 22.1 Å². The smallest absolute Gasteiger partial charge is 0.399 e. The van der Waals surface area contributed by atoms with Crippen molar-refractivity contribution in [3.8, 4) is 22.4 Å². The van der Waals surface area contributed by atoms with Crippen molar-refractivity contribution in [2.75, 3.05) is 11.5 Å². The van der Waals surface area contributed by atoms with Crippen LogP contribution in [0, 0.1) is 13.8 Å². The summed E-state index contributed by atoms with van der Waals surface area (Å²) in [6.07, 6.45) is 1.42. The fraction of sp³-hybridized carbons (Fsp3) is 0.185. The fourth-order valence-corrected chi connectivity index (χ4v) is 5.22. The highest BCUT2D eigenvalue weighted by molar-refractivity contribution is 5.88. The lowest BCUT2D eigenvalue weighted by Crippen LogP contribution is -2.30. The summed E-state index contributed by atoms with van der Waals surface area (Å²) in [5.41, 5.74) is 21.0. The van der Waals surface area contributed by atoms with Gasteiger partial charge >= 0.3 is 11.6 Å². The molecular formula is C27H26N7O+. The van der Waals surface area contributed by atoms with Gasteiger partial charge in [-0.2, -0.15) is 4.68 Å². The lowest BCUT2D eigenvalue weighted by Gasteiger charge is -2.10. The molecule has 0 radical (unpaired) electrons. The highest BCUT2D eigenvalue weighted by Gasteiger charge is 2.31. The topological polar surface area (TPSA) is 118 Å². The van der Waals surface area contributed by atoms with E-state index in [0.717, 1.165) is 51.4 Å². The van der Waals surface area contributed by atoms with Gasteiger partial charge in [0.05, 0.1) is 11.6 Å². The zero-order valence-corrected chi connectivity index (χ0v) is 19.6. The number of nitrogens with one attached hydrogen (secondary N) is 1. The molecule has 5 aromatic rings. The molecule has 35 heavy (non-hydrogen) atoms. The van der Waals surface area contributed by atoms with Crippen LogP contribution in [-0.2, 0) is 12.8 Å². The number of aromatic nitrogens is 5. The lowest BCUT2D eigenvalue weighted by atomic mass is 9.99. The van der Waals surface area contributed by atoms with Gasteiger partial charge in [0.1, 0.15) is 5.69 Å². The van der Waals surface area contributed by atoms with E-state index in [0.29, 0.717) is 12.1 Å². The summed E-state index contributed by atoms with van der Waals surface area (Å²) >= 11 is 0. The van der Waals surface area contributed by atoms with Gasteiger partial charge in [-0.05, 0) is 67.6 Å². The second kappa shape index (κ2) is 7.80. The maximum Gasteiger partial charge on any atom is 0.411 e. The van der Waals surface area contributed by atoms with Crippen LogP contribution >= 0.6 is 0 Å². The molecule has 1 aliphatic rings. The van der Waals surface area contributed by atoms with Crippen molar-refractivity contribution in [3.05, 3.63) is 93.7 Å². The SMILES string of the molecule is Cc1cc(-c2c(-c3ccccc3)[nH+]c(N)n3c(=O)n(C4Cc5ccc(N)cc5C4)nc23)cc(C)n1. The summed E-state index contributed by atoms with van der Waals surface area (Å²) < 4.78 is 3.05. The van der Waals surface area contributed by atoms with E-state index in [1.807, 2.05) is 74.5 Å². The Bertz CT molecular complexity index is 1650. The second-order valence-corrected chi connectivity index (χ2v) is 9.24. The Morgan fingerprint density at radius 1 is 0.914 bits per heavy atom. The zero-order valence-electron chi connectivity index (χ0n) is 19.6. The molecular weight excluding hydrogens is 438 g/mol. The van der Waals surface area contributed by atoms with Gasteiger partial charge in [0.2, 0.25) is 5.65 Å². The normalized spacial score (nSPS) is 15.0. The van der Waals surface area contributed by atoms with E-state index in [1.165, 1.54) is 9.96 Å². The molecule has 8 heteroatoms. The van der Waals surface area contributed by atoms with Crippen LogP contribution in [-0.4, -0.2) is 19.2 Å². The van der Waals surface area contributed by atoms with Crippen molar-refractivity contribution in [2.45, 2.75) is 32.7 Å². The molecule has 174 valence electrons. The highest BCUT2D eigenvalue weighted by Crippen LogP contribution is 2.35. The number of fused-ring (bicyclic) bond motifs is 2. The molecule has 8 nitrogen and oxygen atoms in total. The monoisotopic (exact) mass is 464 g/mol. The van der Waals surface area contributed by atoms with Gasteiger partial charge in [-0.25, -0.2) is 9.78 Å². The van der Waals surface area contributed by atoms with Crippen molar-refractivity contribution >= 4 is 17.3 Å². The van der Waals surface area contributed by atoms with Gasteiger partial charge in [-0.1, -0.05) is 36.4 Å². The quantitative estimate of drug-likeness (QED) is 0.398. The minimum Gasteiger partial charge on any atom is -0.399 e. The van der Waals surface area contributed by atoms with Gasteiger partial charge in [0, 0.05) is 22.6 Å². The molecule has 1 unspecified atom stereocenters. The maximum absolute atomic E-state index is 13.6. The zero-order chi connectivity index (χ0) is 24.3. The van der Waals surface area contributed by atoms with Gasteiger partial charge < -0.3 is 5.73 Å². The number of benzene rings is 2. The third kappa shape index (κ3) is 3.45. The van der Waals surface area contributed by atoms with E-state index < -0.39 is 0 Å². The van der Waals surface area contributed by atoms with Crippen LogP contribution in [0.4, 0.5) is 11.6 Å². The Labute approximate surface area is 201 Å². The van der Waals surface area contributed by atoms with Gasteiger partial charge in [-0.3, -0.25) is 10.7 Å². The molecule has 5 N–H and O–H groups in total. The number of aryl methyl sites for hydroxylation is 2. The van der Waals surface area contributed by atoms with E-state index >= 15 is 0 Å². The highest BCUT2D eigenvalue weighted by atomic mass is 16.2. The van der Waals surface area contributed by atoms with Gasteiger partial charge in [-0.15, -0.1) is 9.50 Å². The molecule has 0 aliphatic heterocycles. The second-order valence-electron chi connectivity index (χ2n) is 9.24. The third-order valence-corrected chi connectivity index (χ3v) is 6.69. The van der Waals surface area contributed by atoms with Crippen molar-refractivity contribution in [3.63, 3.8) is 0 Å². The molecule has 0 saturated heterocycles. The number of hydrogen-bond donors (Lipinski definition) is 2. The number of pyridine rings is 1. The first kappa shape index (κ1) is 21.1. The van der Waals surface area contributed by atoms with Crippen LogP contribution in [0.25, 0.3) is 28.0 Å². The summed E-state index contributed by atoms with van der Waals surface area (Å²) in [6.45, 7) is 3.92. The maximum atomic E-state index is 13.6. The molecule has 0 saturated carbocycles. The number of nitrogen functional groups attached to an aromatic ring is 2. The predicted octanol–water partition coefficient (Wildman–Crippen LogP) is 3.16.